The fourth-order valence-electron chi connectivity index (χ4n) is 1.95. The number of hydrogen-bond acceptors (Lipinski definition) is 4. The molecule has 1 heterocycles. The number of aromatic nitrogens is 1. The van der Waals surface area contributed by atoms with Gasteiger partial charge in [0.1, 0.15) is 16.5 Å². The maximum atomic E-state index is 13.4. The molecule has 0 fully saturated rings. The number of halogens is 1. The zero-order chi connectivity index (χ0) is 15.6. The standard InChI is InChI=1S/C14H11FN2O2S2/c1-2-21(18,19)12-8-17-14(20)11(7-16)13(12)9-4-3-5-10(15)6-9/h3-6,8H,2H2,1H3,(H,17,20). The maximum Gasteiger partial charge on any atom is 0.180 e. The molecule has 1 N–H and O–H groups in total. The Morgan fingerprint density at radius 3 is 2.71 bits per heavy atom. The zero-order valence-electron chi connectivity index (χ0n) is 11.1. The molecule has 0 aliphatic heterocycles. The first kappa shape index (κ1) is 15.4. The van der Waals surface area contributed by atoms with E-state index in [9.17, 15) is 18.1 Å². The number of nitriles is 1. The van der Waals surface area contributed by atoms with Crippen LogP contribution in [0.2, 0.25) is 0 Å². The van der Waals surface area contributed by atoms with E-state index in [4.69, 9.17) is 12.2 Å². The molecule has 0 bridgehead atoms. The predicted octanol–water partition coefficient (Wildman–Crippen LogP) is 3.22. The molecule has 0 radical (unpaired) electrons. The van der Waals surface area contributed by atoms with Gasteiger partial charge in [-0.25, -0.2) is 12.8 Å². The van der Waals surface area contributed by atoms with E-state index in [1.807, 2.05) is 6.07 Å². The van der Waals surface area contributed by atoms with Gasteiger partial charge in [0.2, 0.25) is 0 Å². The normalized spacial score (nSPS) is 11.1. The number of nitrogens with one attached hydrogen (secondary N) is 1. The van der Waals surface area contributed by atoms with Crippen LogP contribution in [0.4, 0.5) is 4.39 Å². The predicted molar refractivity (Wildman–Crippen MR) is 79.5 cm³/mol. The quantitative estimate of drug-likeness (QED) is 0.881. The van der Waals surface area contributed by atoms with Gasteiger partial charge in [0, 0.05) is 11.8 Å². The molecular formula is C14H11FN2O2S2. The van der Waals surface area contributed by atoms with Crippen molar-refractivity contribution in [1.29, 1.82) is 5.26 Å². The minimum absolute atomic E-state index is 0.0186. The molecule has 2 aromatic rings. The molecule has 0 unspecified atom stereocenters. The third-order valence-corrected chi connectivity index (χ3v) is 5.07. The van der Waals surface area contributed by atoms with E-state index in [1.165, 1.54) is 31.3 Å². The van der Waals surface area contributed by atoms with Crippen molar-refractivity contribution in [3.8, 4) is 17.2 Å². The SMILES string of the molecule is CCS(=O)(=O)c1c[nH]c(=S)c(C#N)c1-c1cccc(F)c1. The summed E-state index contributed by atoms with van der Waals surface area (Å²) in [7, 11) is -3.59. The van der Waals surface area contributed by atoms with Gasteiger partial charge in [0.15, 0.2) is 9.84 Å². The largest absolute Gasteiger partial charge is 0.350 e. The summed E-state index contributed by atoms with van der Waals surface area (Å²) in [6, 6.07) is 7.32. The Balaban J connectivity index is 2.95. The van der Waals surface area contributed by atoms with E-state index in [0.717, 1.165) is 0 Å². The molecular weight excluding hydrogens is 311 g/mol. The fourth-order valence-corrected chi connectivity index (χ4v) is 3.24. The van der Waals surface area contributed by atoms with Gasteiger partial charge in [-0.3, -0.25) is 0 Å². The Morgan fingerprint density at radius 1 is 1.43 bits per heavy atom. The molecule has 21 heavy (non-hydrogen) atoms. The first-order valence-electron chi connectivity index (χ1n) is 6.05. The lowest BCUT2D eigenvalue weighted by molar-refractivity contribution is 0.597. The average molecular weight is 322 g/mol. The van der Waals surface area contributed by atoms with Gasteiger partial charge in [-0.2, -0.15) is 5.26 Å². The van der Waals surface area contributed by atoms with Crippen LogP contribution in [0.25, 0.3) is 11.1 Å². The summed E-state index contributed by atoms with van der Waals surface area (Å²) in [6.45, 7) is 1.50. The molecule has 4 nitrogen and oxygen atoms in total. The summed E-state index contributed by atoms with van der Waals surface area (Å²) in [5.41, 5.74) is 0.464. The van der Waals surface area contributed by atoms with Crippen LogP contribution in [0.3, 0.4) is 0 Å². The Hall–Kier alpha value is -2.04. The highest BCUT2D eigenvalue weighted by atomic mass is 32.2. The van der Waals surface area contributed by atoms with Gasteiger partial charge >= 0.3 is 0 Å². The van der Waals surface area contributed by atoms with Crippen LogP contribution in [0.15, 0.2) is 35.4 Å². The lowest BCUT2D eigenvalue weighted by atomic mass is 10.0. The number of hydrogen-bond donors (Lipinski definition) is 1. The zero-order valence-corrected chi connectivity index (χ0v) is 12.7. The van der Waals surface area contributed by atoms with Crippen molar-refractivity contribution >= 4 is 22.1 Å². The molecule has 0 aliphatic carbocycles. The van der Waals surface area contributed by atoms with Crippen LogP contribution in [-0.2, 0) is 9.84 Å². The number of nitrogens with zero attached hydrogens (tertiary/aromatic N) is 1. The lowest BCUT2D eigenvalue weighted by Crippen LogP contribution is -2.08. The van der Waals surface area contributed by atoms with E-state index < -0.39 is 15.7 Å². The average Bonchev–Trinajstić information content (AvgIpc) is 2.46. The number of H-pyrrole nitrogens is 1. The van der Waals surface area contributed by atoms with Crippen LogP contribution >= 0.6 is 12.2 Å². The fraction of sp³-hybridized carbons (Fsp3) is 0.143. The number of benzene rings is 1. The molecule has 0 atom stereocenters. The first-order chi connectivity index (χ1) is 9.90. The first-order valence-corrected chi connectivity index (χ1v) is 8.11. The van der Waals surface area contributed by atoms with E-state index in [-0.39, 0.29) is 26.4 Å². The lowest BCUT2D eigenvalue weighted by Gasteiger charge is -2.11. The Morgan fingerprint density at radius 2 is 2.14 bits per heavy atom. The van der Waals surface area contributed by atoms with Crippen LogP contribution in [-0.4, -0.2) is 19.2 Å². The van der Waals surface area contributed by atoms with E-state index in [0.29, 0.717) is 5.56 Å². The Kier molecular flexibility index (Phi) is 4.21. The molecule has 2 rings (SSSR count). The van der Waals surface area contributed by atoms with Gasteiger partial charge in [0.25, 0.3) is 0 Å². The van der Waals surface area contributed by atoms with Gasteiger partial charge < -0.3 is 4.98 Å². The van der Waals surface area contributed by atoms with Crippen molar-refractivity contribution in [1.82, 2.24) is 4.98 Å². The Bertz CT molecular complexity index is 896. The topological polar surface area (TPSA) is 73.7 Å². The van der Waals surface area contributed by atoms with Crippen LogP contribution in [0, 0.1) is 21.8 Å². The molecule has 0 aliphatic rings. The Labute approximate surface area is 126 Å². The second-order valence-electron chi connectivity index (χ2n) is 4.26. The van der Waals surface area contributed by atoms with Crippen LogP contribution < -0.4 is 0 Å². The van der Waals surface area contributed by atoms with E-state index in [1.54, 1.807) is 6.07 Å². The van der Waals surface area contributed by atoms with Crippen molar-refractivity contribution in [3.63, 3.8) is 0 Å². The highest BCUT2D eigenvalue weighted by Crippen LogP contribution is 2.31. The number of pyridine rings is 1. The molecule has 1 aromatic carbocycles. The molecule has 0 spiro atoms. The summed E-state index contributed by atoms with van der Waals surface area (Å²) < 4.78 is 38.0. The third-order valence-electron chi connectivity index (χ3n) is 3.00. The highest BCUT2D eigenvalue weighted by Gasteiger charge is 2.22. The molecule has 0 saturated heterocycles. The molecule has 7 heteroatoms. The van der Waals surface area contributed by atoms with Gasteiger partial charge in [0.05, 0.1) is 16.2 Å². The van der Waals surface area contributed by atoms with Gasteiger partial charge in [-0.05, 0) is 17.7 Å². The maximum absolute atomic E-state index is 13.4. The van der Waals surface area contributed by atoms with Crippen molar-refractivity contribution < 1.29 is 12.8 Å². The summed E-state index contributed by atoms with van der Waals surface area (Å²) in [5.74, 6) is -0.653. The summed E-state index contributed by atoms with van der Waals surface area (Å²) in [5, 5.41) is 9.27. The summed E-state index contributed by atoms with van der Waals surface area (Å²) in [6.07, 6.45) is 1.25. The minimum Gasteiger partial charge on any atom is -0.350 e. The van der Waals surface area contributed by atoms with Gasteiger partial charge in [-0.1, -0.05) is 31.3 Å². The monoisotopic (exact) mass is 322 g/mol. The summed E-state index contributed by atoms with van der Waals surface area (Å²) in [4.78, 5) is 2.55. The minimum atomic E-state index is -3.59. The molecule has 0 saturated carbocycles. The second kappa shape index (κ2) is 5.76. The van der Waals surface area contributed by atoms with Crippen LogP contribution in [0.5, 0.6) is 0 Å². The molecule has 1 aromatic heterocycles. The second-order valence-corrected chi connectivity index (χ2v) is 6.91. The van der Waals surface area contributed by atoms with Crippen molar-refractivity contribution in [2.75, 3.05) is 5.75 Å². The van der Waals surface area contributed by atoms with Crippen molar-refractivity contribution in [2.45, 2.75) is 11.8 Å². The van der Waals surface area contributed by atoms with Crippen LogP contribution in [0.1, 0.15) is 12.5 Å². The smallest absolute Gasteiger partial charge is 0.180 e. The number of aromatic amines is 1. The van der Waals surface area contributed by atoms with E-state index in [2.05, 4.69) is 4.98 Å². The highest BCUT2D eigenvalue weighted by molar-refractivity contribution is 7.91. The number of rotatable bonds is 3. The third kappa shape index (κ3) is 2.86. The van der Waals surface area contributed by atoms with E-state index >= 15 is 0 Å². The van der Waals surface area contributed by atoms with Gasteiger partial charge in [-0.15, -0.1) is 0 Å². The molecule has 0 amide bonds. The van der Waals surface area contributed by atoms with Crippen molar-refractivity contribution in [2.24, 2.45) is 0 Å². The number of sulfone groups is 1. The summed E-state index contributed by atoms with van der Waals surface area (Å²) >= 11 is 5.02. The van der Waals surface area contributed by atoms with Crippen molar-refractivity contribution in [3.05, 3.63) is 46.5 Å². The molecule has 108 valence electrons.